The lowest BCUT2D eigenvalue weighted by atomic mass is 10.2. The highest BCUT2D eigenvalue weighted by Crippen LogP contribution is 2.30. The van der Waals surface area contributed by atoms with Crippen LogP contribution >= 0.6 is 23.1 Å². The summed E-state index contributed by atoms with van der Waals surface area (Å²) >= 11 is 2.73. The molecule has 0 saturated carbocycles. The van der Waals surface area contributed by atoms with Crippen LogP contribution < -0.4 is 10.3 Å². The van der Waals surface area contributed by atoms with E-state index in [1.54, 1.807) is 22.8 Å². The number of hydrogen-bond acceptors (Lipinski definition) is 7. The number of thioether (sulfide) groups is 1. The van der Waals surface area contributed by atoms with Gasteiger partial charge in [0.05, 0.1) is 17.4 Å². The minimum Gasteiger partial charge on any atom is -0.496 e. The number of nitro benzene ring substituents is 1. The van der Waals surface area contributed by atoms with E-state index in [-0.39, 0.29) is 11.2 Å². The number of non-ortho nitro benzene ring substituents is 1. The molecule has 134 valence electrons. The second kappa shape index (κ2) is 7.71. The van der Waals surface area contributed by atoms with E-state index >= 15 is 0 Å². The lowest BCUT2D eigenvalue weighted by molar-refractivity contribution is -0.384. The number of nitrogens with zero attached hydrogens (tertiary/aromatic N) is 3. The first-order valence-corrected chi connectivity index (χ1v) is 9.44. The number of ether oxygens (including phenoxy) is 1. The summed E-state index contributed by atoms with van der Waals surface area (Å²) in [5, 5.41) is 14.0. The zero-order chi connectivity index (χ0) is 18.7. The van der Waals surface area contributed by atoms with Gasteiger partial charge in [-0.3, -0.25) is 19.5 Å². The first kappa shape index (κ1) is 18.2. The van der Waals surface area contributed by atoms with E-state index in [2.05, 4.69) is 11.6 Å². The molecule has 0 aliphatic carbocycles. The molecule has 2 heterocycles. The molecule has 0 amide bonds. The van der Waals surface area contributed by atoms with Crippen LogP contribution in [0.25, 0.3) is 10.2 Å². The average molecular weight is 389 g/mol. The van der Waals surface area contributed by atoms with Crippen molar-refractivity contribution < 1.29 is 9.66 Å². The number of benzene rings is 1. The fourth-order valence-corrected chi connectivity index (χ4v) is 4.26. The van der Waals surface area contributed by atoms with Crippen LogP contribution in [0.2, 0.25) is 0 Å². The van der Waals surface area contributed by atoms with Crippen LogP contribution in [0.3, 0.4) is 0 Å². The van der Waals surface area contributed by atoms with E-state index in [4.69, 9.17) is 4.74 Å². The lowest BCUT2D eigenvalue weighted by Crippen LogP contribution is -2.22. The predicted molar refractivity (Wildman–Crippen MR) is 103 cm³/mol. The van der Waals surface area contributed by atoms with Crippen molar-refractivity contribution in [1.29, 1.82) is 0 Å². The Morgan fingerprint density at radius 3 is 2.96 bits per heavy atom. The fraction of sp³-hybridized carbons (Fsp3) is 0.176. The lowest BCUT2D eigenvalue weighted by Gasteiger charge is -2.11. The van der Waals surface area contributed by atoms with Gasteiger partial charge in [-0.15, -0.1) is 17.9 Å². The molecular formula is C17H15N3O4S2. The Morgan fingerprint density at radius 2 is 2.27 bits per heavy atom. The van der Waals surface area contributed by atoms with Crippen molar-refractivity contribution in [3.05, 3.63) is 68.3 Å². The van der Waals surface area contributed by atoms with Crippen LogP contribution in [0.5, 0.6) is 5.75 Å². The topological polar surface area (TPSA) is 87.3 Å². The normalized spacial score (nSPS) is 10.8. The Balaban J connectivity index is 1.98. The standard InChI is InChI=1S/C17H15N3O4S2/c1-3-7-19-16(21)13-6-8-25-15(13)18-17(19)26-10-11-9-12(20(22)23)4-5-14(11)24-2/h3-6,8-9H,1,7,10H2,2H3. The number of rotatable bonds is 7. The summed E-state index contributed by atoms with van der Waals surface area (Å²) in [4.78, 5) is 28.4. The molecule has 0 atom stereocenters. The molecule has 0 radical (unpaired) electrons. The predicted octanol–water partition coefficient (Wildman–Crippen LogP) is 3.85. The van der Waals surface area contributed by atoms with E-state index in [1.807, 2.05) is 5.38 Å². The van der Waals surface area contributed by atoms with Gasteiger partial charge in [-0.1, -0.05) is 17.8 Å². The third-order valence-corrected chi connectivity index (χ3v) is 5.52. The summed E-state index contributed by atoms with van der Waals surface area (Å²) in [6, 6.07) is 6.20. The third-order valence-electron chi connectivity index (χ3n) is 3.69. The Kier molecular flexibility index (Phi) is 5.38. The molecule has 7 nitrogen and oxygen atoms in total. The van der Waals surface area contributed by atoms with Crippen LogP contribution in [0.15, 0.2) is 52.3 Å². The molecule has 26 heavy (non-hydrogen) atoms. The molecule has 0 unspecified atom stereocenters. The van der Waals surface area contributed by atoms with Crippen molar-refractivity contribution in [2.24, 2.45) is 0 Å². The van der Waals surface area contributed by atoms with Gasteiger partial charge in [0, 0.05) is 30.0 Å². The molecule has 1 aromatic carbocycles. The number of hydrogen-bond donors (Lipinski definition) is 0. The molecule has 9 heteroatoms. The maximum atomic E-state index is 12.6. The molecule has 0 fully saturated rings. The van der Waals surface area contributed by atoms with E-state index in [0.29, 0.717) is 39.0 Å². The van der Waals surface area contributed by atoms with Gasteiger partial charge in [-0.2, -0.15) is 0 Å². The third kappa shape index (κ3) is 3.49. The Hall–Kier alpha value is -2.65. The fourth-order valence-electron chi connectivity index (χ4n) is 2.46. The van der Waals surface area contributed by atoms with Crippen LogP contribution in [0, 0.1) is 10.1 Å². The second-order valence-electron chi connectivity index (χ2n) is 5.28. The van der Waals surface area contributed by atoms with Gasteiger partial charge < -0.3 is 4.74 Å². The summed E-state index contributed by atoms with van der Waals surface area (Å²) in [5.41, 5.74) is 0.536. The first-order valence-electron chi connectivity index (χ1n) is 7.58. The van der Waals surface area contributed by atoms with Gasteiger partial charge in [-0.05, 0) is 17.5 Å². The smallest absolute Gasteiger partial charge is 0.270 e. The zero-order valence-corrected chi connectivity index (χ0v) is 15.5. The maximum Gasteiger partial charge on any atom is 0.270 e. The van der Waals surface area contributed by atoms with E-state index in [0.717, 1.165) is 0 Å². The van der Waals surface area contributed by atoms with Gasteiger partial charge in [-0.25, -0.2) is 4.98 Å². The molecule has 3 aromatic rings. The van der Waals surface area contributed by atoms with Gasteiger partial charge >= 0.3 is 0 Å². The highest BCUT2D eigenvalue weighted by molar-refractivity contribution is 7.98. The van der Waals surface area contributed by atoms with Crippen molar-refractivity contribution in [2.75, 3.05) is 7.11 Å². The molecule has 0 saturated heterocycles. The zero-order valence-electron chi connectivity index (χ0n) is 13.9. The van der Waals surface area contributed by atoms with Gasteiger partial charge in [0.25, 0.3) is 11.2 Å². The van der Waals surface area contributed by atoms with Crippen molar-refractivity contribution in [2.45, 2.75) is 17.5 Å². The molecule has 0 aliphatic rings. The maximum absolute atomic E-state index is 12.6. The summed E-state index contributed by atoms with van der Waals surface area (Å²) < 4.78 is 6.84. The molecular weight excluding hydrogens is 374 g/mol. The number of methoxy groups -OCH3 is 1. The Morgan fingerprint density at radius 1 is 1.46 bits per heavy atom. The summed E-state index contributed by atoms with van der Waals surface area (Å²) in [5.74, 6) is 0.934. The molecule has 0 aliphatic heterocycles. The first-order chi connectivity index (χ1) is 12.5. The second-order valence-corrected chi connectivity index (χ2v) is 7.12. The van der Waals surface area contributed by atoms with E-state index < -0.39 is 4.92 Å². The van der Waals surface area contributed by atoms with E-state index in [9.17, 15) is 14.9 Å². The number of nitro groups is 1. The average Bonchev–Trinajstić information content (AvgIpc) is 3.11. The quantitative estimate of drug-likeness (QED) is 0.200. The number of allylic oxidation sites excluding steroid dienone is 1. The highest BCUT2D eigenvalue weighted by atomic mass is 32.2. The van der Waals surface area contributed by atoms with Crippen LogP contribution in [0.4, 0.5) is 5.69 Å². The van der Waals surface area contributed by atoms with Crippen LogP contribution in [-0.4, -0.2) is 21.6 Å². The van der Waals surface area contributed by atoms with Gasteiger partial charge in [0.1, 0.15) is 10.6 Å². The van der Waals surface area contributed by atoms with Crippen molar-refractivity contribution in [3.63, 3.8) is 0 Å². The number of fused-ring (bicyclic) bond motifs is 1. The summed E-state index contributed by atoms with van der Waals surface area (Å²) in [7, 11) is 1.51. The van der Waals surface area contributed by atoms with E-state index in [1.165, 1.54) is 42.3 Å². The largest absolute Gasteiger partial charge is 0.496 e. The minimum absolute atomic E-state index is 0.00782. The minimum atomic E-state index is -0.447. The van der Waals surface area contributed by atoms with Crippen LogP contribution in [-0.2, 0) is 12.3 Å². The van der Waals surface area contributed by atoms with Crippen molar-refractivity contribution in [3.8, 4) is 5.75 Å². The monoisotopic (exact) mass is 389 g/mol. The molecule has 0 N–H and O–H groups in total. The molecule has 3 rings (SSSR count). The highest BCUT2D eigenvalue weighted by Gasteiger charge is 2.15. The van der Waals surface area contributed by atoms with Gasteiger partial charge in [0.2, 0.25) is 0 Å². The number of thiophene rings is 1. The number of aromatic nitrogens is 2. The van der Waals surface area contributed by atoms with Gasteiger partial charge in [0.15, 0.2) is 5.16 Å². The van der Waals surface area contributed by atoms with Crippen molar-refractivity contribution in [1.82, 2.24) is 9.55 Å². The van der Waals surface area contributed by atoms with Crippen LogP contribution in [0.1, 0.15) is 5.56 Å². The summed E-state index contributed by atoms with van der Waals surface area (Å²) in [6.07, 6.45) is 1.64. The Labute approximate surface area is 157 Å². The SMILES string of the molecule is C=CCn1c(SCc2cc([N+](=O)[O-])ccc2OC)nc2sccc2c1=O. The molecule has 0 bridgehead atoms. The summed E-state index contributed by atoms with van der Waals surface area (Å²) in [6.45, 7) is 4.03. The molecule has 0 spiro atoms. The van der Waals surface area contributed by atoms with Crippen molar-refractivity contribution >= 4 is 39.0 Å². The Bertz CT molecular complexity index is 1040. The molecule has 2 aromatic heterocycles.